The molecular weight excluding hydrogens is 228 g/mol. The minimum Gasteiger partial charge on any atom is -0.481 e. The molecule has 0 aliphatic heterocycles. The molecule has 0 heterocycles. The highest BCUT2D eigenvalue weighted by Gasteiger charge is 2.39. The van der Waals surface area contributed by atoms with Crippen molar-refractivity contribution in [2.24, 2.45) is 11.8 Å². The summed E-state index contributed by atoms with van der Waals surface area (Å²) in [5, 5.41) is 19.6. The lowest BCUT2D eigenvalue weighted by Gasteiger charge is -2.32. The fraction of sp³-hybridized carbons (Fsp3) is 0.533. The van der Waals surface area contributed by atoms with Crippen LogP contribution in [0.5, 0.6) is 0 Å². The lowest BCUT2D eigenvalue weighted by Crippen LogP contribution is -2.43. The second-order valence-electron chi connectivity index (χ2n) is 5.40. The lowest BCUT2D eigenvalue weighted by molar-refractivity contribution is -0.154. The van der Waals surface area contributed by atoms with E-state index < -0.39 is 17.5 Å². The molecule has 2 N–H and O–H groups in total. The molecule has 1 aromatic rings. The van der Waals surface area contributed by atoms with Gasteiger partial charge in [-0.2, -0.15) is 0 Å². The second kappa shape index (κ2) is 6.01. The molecular formula is C15H22O3. The Hall–Kier alpha value is -1.35. The third kappa shape index (κ3) is 3.84. The fourth-order valence-electron chi connectivity index (χ4n) is 2.47. The van der Waals surface area contributed by atoms with E-state index in [9.17, 15) is 15.0 Å². The molecule has 0 amide bonds. The molecule has 1 rings (SSSR count). The Morgan fingerprint density at radius 3 is 2.28 bits per heavy atom. The molecule has 2 unspecified atom stereocenters. The zero-order valence-electron chi connectivity index (χ0n) is 11.3. The molecule has 0 saturated carbocycles. The first-order chi connectivity index (χ1) is 8.34. The van der Waals surface area contributed by atoms with E-state index in [1.807, 2.05) is 44.2 Å². The van der Waals surface area contributed by atoms with Crippen LogP contribution >= 0.6 is 0 Å². The van der Waals surface area contributed by atoms with E-state index in [4.69, 9.17) is 0 Å². The molecule has 2 atom stereocenters. The number of aliphatic carboxylic acids is 1. The van der Waals surface area contributed by atoms with Gasteiger partial charge in [0, 0.05) is 0 Å². The minimum absolute atomic E-state index is 0.0896. The maximum atomic E-state index is 11.2. The number of aryl methyl sites for hydroxylation is 1. The molecule has 0 aromatic heterocycles. The Balaban J connectivity index is 2.71. The van der Waals surface area contributed by atoms with Gasteiger partial charge in [0.2, 0.25) is 0 Å². The van der Waals surface area contributed by atoms with E-state index in [2.05, 4.69) is 0 Å². The Kier molecular flexibility index (Phi) is 4.91. The van der Waals surface area contributed by atoms with Crippen LogP contribution in [0.1, 0.15) is 32.8 Å². The Morgan fingerprint density at radius 2 is 1.83 bits per heavy atom. The van der Waals surface area contributed by atoms with Crippen LogP contribution in [-0.4, -0.2) is 21.8 Å². The van der Waals surface area contributed by atoms with E-state index in [-0.39, 0.29) is 5.92 Å². The summed E-state index contributed by atoms with van der Waals surface area (Å²) in [5.74, 6) is -1.75. The standard InChI is InChI=1S/C15H22O3/c1-11(2)13(14(16)17)15(3,18)10-9-12-7-5-4-6-8-12/h4-8,11,13,18H,9-10H2,1-3H3,(H,16,17). The summed E-state index contributed by atoms with van der Waals surface area (Å²) in [6.07, 6.45) is 1.14. The highest BCUT2D eigenvalue weighted by atomic mass is 16.4. The average Bonchev–Trinajstić information content (AvgIpc) is 2.26. The molecule has 0 radical (unpaired) electrons. The average molecular weight is 250 g/mol. The summed E-state index contributed by atoms with van der Waals surface area (Å²) < 4.78 is 0. The zero-order chi connectivity index (χ0) is 13.8. The van der Waals surface area contributed by atoms with Crippen LogP contribution in [0.4, 0.5) is 0 Å². The Bertz CT molecular complexity index is 382. The molecule has 1 aromatic carbocycles. The quantitative estimate of drug-likeness (QED) is 0.816. The monoisotopic (exact) mass is 250 g/mol. The van der Waals surface area contributed by atoms with Gasteiger partial charge < -0.3 is 10.2 Å². The smallest absolute Gasteiger partial charge is 0.309 e. The number of carboxylic acid groups (broad SMARTS) is 1. The first-order valence-corrected chi connectivity index (χ1v) is 6.33. The van der Waals surface area contributed by atoms with Gasteiger partial charge in [0.1, 0.15) is 0 Å². The van der Waals surface area contributed by atoms with Gasteiger partial charge in [-0.25, -0.2) is 0 Å². The van der Waals surface area contributed by atoms with E-state index in [1.165, 1.54) is 0 Å². The van der Waals surface area contributed by atoms with Gasteiger partial charge in [-0.05, 0) is 31.2 Å². The number of carbonyl (C=O) groups is 1. The van der Waals surface area contributed by atoms with Crippen molar-refractivity contribution in [3.8, 4) is 0 Å². The Morgan fingerprint density at radius 1 is 1.28 bits per heavy atom. The van der Waals surface area contributed by atoms with Gasteiger partial charge in [0.05, 0.1) is 11.5 Å². The minimum atomic E-state index is -1.18. The first kappa shape index (κ1) is 14.7. The first-order valence-electron chi connectivity index (χ1n) is 6.33. The van der Waals surface area contributed by atoms with E-state index >= 15 is 0 Å². The van der Waals surface area contributed by atoms with Gasteiger partial charge in [0.25, 0.3) is 0 Å². The van der Waals surface area contributed by atoms with Crippen molar-refractivity contribution in [3.63, 3.8) is 0 Å². The predicted molar refractivity (Wildman–Crippen MR) is 71.4 cm³/mol. The number of aliphatic hydroxyl groups is 1. The van der Waals surface area contributed by atoms with Crippen LogP contribution in [0, 0.1) is 11.8 Å². The topological polar surface area (TPSA) is 57.5 Å². The molecule has 0 aliphatic rings. The molecule has 0 aliphatic carbocycles. The third-order valence-corrected chi connectivity index (χ3v) is 3.37. The number of carboxylic acids is 1. The van der Waals surface area contributed by atoms with Gasteiger partial charge in [-0.15, -0.1) is 0 Å². The molecule has 0 fully saturated rings. The summed E-state index contributed by atoms with van der Waals surface area (Å²) >= 11 is 0. The number of benzene rings is 1. The van der Waals surface area contributed by atoms with Crippen LogP contribution in [0.3, 0.4) is 0 Å². The second-order valence-corrected chi connectivity index (χ2v) is 5.40. The SMILES string of the molecule is CC(C)C(C(=O)O)C(C)(O)CCc1ccccc1. The number of hydrogen-bond donors (Lipinski definition) is 2. The summed E-state index contributed by atoms with van der Waals surface area (Å²) in [7, 11) is 0. The zero-order valence-corrected chi connectivity index (χ0v) is 11.3. The van der Waals surface area contributed by atoms with Crippen LogP contribution < -0.4 is 0 Å². The molecule has 3 heteroatoms. The van der Waals surface area contributed by atoms with Crippen molar-refractivity contribution in [1.82, 2.24) is 0 Å². The van der Waals surface area contributed by atoms with E-state index in [0.717, 1.165) is 5.56 Å². The highest BCUT2D eigenvalue weighted by Crippen LogP contribution is 2.29. The van der Waals surface area contributed by atoms with Crippen molar-refractivity contribution < 1.29 is 15.0 Å². The Labute approximate surface area is 108 Å². The van der Waals surface area contributed by atoms with Crippen molar-refractivity contribution in [3.05, 3.63) is 35.9 Å². The maximum absolute atomic E-state index is 11.2. The number of hydrogen-bond acceptors (Lipinski definition) is 2. The van der Waals surface area contributed by atoms with Gasteiger partial charge >= 0.3 is 5.97 Å². The highest BCUT2D eigenvalue weighted by molar-refractivity contribution is 5.71. The summed E-state index contributed by atoms with van der Waals surface area (Å²) in [4.78, 5) is 11.2. The van der Waals surface area contributed by atoms with E-state index in [1.54, 1.807) is 6.92 Å². The molecule has 0 spiro atoms. The van der Waals surface area contributed by atoms with Gasteiger partial charge in [0.15, 0.2) is 0 Å². The predicted octanol–water partition coefficient (Wildman–Crippen LogP) is 2.73. The van der Waals surface area contributed by atoms with Crippen LogP contribution in [0.15, 0.2) is 30.3 Å². The van der Waals surface area contributed by atoms with Crippen molar-refractivity contribution >= 4 is 5.97 Å². The van der Waals surface area contributed by atoms with Crippen LogP contribution in [0.25, 0.3) is 0 Å². The maximum Gasteiger partial charge on any atom is 0.309 e. The lowest BCUT2D eigenvalue weighted by atomic mass is 9.77. The van der Waals surface area contributed by atoms with Crippen molar-refractivity contribution in [1.29, 1.82) is 0 Å². The fourth-order valence-corrected chi connectivity index (χ4v) is 2.47. The summed E-state index contributed by atoms with van der Waals surface area (Å²) in [5.41, 5.74) is -0.0683. The molecule has 0 saturated heterocycles. The molecule has 3 nitrogen and oxygen atoms in total. The van der Waals surface area contributed by atoms with E-state index in [0.29, 0.717) is 12.8 Å². The van der Waals surface area contributed by atoms with Gasteiger partial charge in [-0.1, -0.05) is 44.2 Å². The van der Waals surface area contributed by atoms with Crippen LogP contribution in [0.2, 0.25) is 0 Å². The van der Waals surface area contributed by atoms with Crippen molar-refractivity contribution in [2.45, 2.75) is 39.2 Å². The number of rotatable bonds is 6. The third-order valence-electron chi connectivity index (χ3n) is 3.37. The molecule has 0 bridgehead atoms. The largest absolute Gasteiger partial charge is 0.481 e. The van der Waals surface area contributed by atoms with Crippen LogP contribution in [-0.2, 0) is 11.2 Å². The normalized spacial score (nSPS) is 16.3. The summed E-state index contributed by atoms with van der Waals surface area (Å²) in [6, 6.07) is 9.81. The van der Waals surface area contributed by atoms with Crippen molar-refractivity contribution in [2.75, 3.05) is 0 Å². The molecule has 18 heavy (non-hydrogen) atoms. The summed E-state index contributed by atoms with van der Waals surface area (Å²) in [6.45, 7) is 5.28. The van der Waals surface area contributed by atoms with Gasteiger partial charge in [-0.3, -0.25) is 4.79 Å². The molecule has 100 valence electrons.